The number of hydrogen-bond donors (Lipinski definition) is 0. The average molecular weight is 543 g/mol. The van der Waals surface area contributed by atoms with Crippen LogP contribution in [0.15, 0.2) is 0 Å². The summed E-state index contributed by atoms with van der Waals surface area (Å²) >= 11 is 0. The zero-order valence-electron chi connectivity index (χ0n) is 23.3. The number of ether oxygens (including phenoxy) is 13. The molecule has 2 rings (SSSR count). The summed E-state index contributed by atoms with van der Waals surface area (Å²) < 4.78 is 73.8. The van der Waals surface area contributed by atoms with Gasteiger partial charge in [0.05, 0.1) is 39.6 Å². The van der Waals surface area contributed by atoms with Crippen molar-refractivity contribution in [1.29, 1.82) is 0 Å². The molecule has 0 unspecified atom stereocenters. The highest BCUT2D eigenvalue weighted by Gasteiger charge is 2.48. The molecule has 0 aliphatic carbocycles. The van der Waals surface area contributed by atoms with Gasteiger partial charge in [0.15, 0.2) is 12.6 Å². The molecular weight excluding hydrogens is 496 g/mol. The summed E-state index contributed by atoms with van der Waals surface area (Å²) in [6.45, 7) is 1.84. The average Bonchev–Trinajstić information content (AvgIpc) is 2.91. The molecule has 0 aromatic heterocycles. The highest BCUT2D eigenvalue weighted by molar-refractivity contribution is 4.93. The fourth-order valence-corrected chi connectivity index (χ4v) is 4.77. The third-order valence-corrected chi connectivity index (χ3v) is 6.50. The molecule has 13 heteroatoms. The van der Waals surface area contributed by atoms with Gasteiger partial charge in [-0.3, -0.25) is 0 Å². The van der Waals surface area contributed by atoms with Gasteiger partial charge in [0.1, 0.15) is 48.8 Å². The smallest absolute Gasteiger partial charge is 0.187 e. The van der Waals surface area contributed by atoms with Gasteiger partial charge in [-0.1, -0.05) is 0 Å². The third kappa shape index (κ3) is 8.73. The third-order valence-electron chi connectivity index (χ3n) is 6.50. The molecule has 2 heterocycles. The second-order valence-corrected chi connectivity index (χ2v) is 8.55. The molecule has 37 heavy (non-hydrogen) atoms. The van der Waals surface area contributed by atoms with E-state index >= 15 is 0 Å². The minimum absolute atomic E-state index is 0.274. The largest absolute Gasteiger partial charge is 0.382 e. The maximum absolute atomic E-state index is 6.05. The molecule has 0 aromatic rings. The summed E-state index contributed by atoms with van der Waals surface area (Å²) in [5.74, 6) is 0. The van der Waals surface area contributed by atoms with Crippen LogP contribution in [0.2, 0.25) is 0 Å². The van der Waals surface area contributed by atoms with Gasteiger partial charge in [-0.15, -0.1) is 0 Å². The normalized spacial score (nSPS) is 36.6. The highest BCUT2D eigenvalue weighted by Crippen LogP contribution is 2.29. The predicted octanol–water partition coefficient (Wildman–Crippen LogP) is -0.131. The number of hydrogen-bond acceptors (Lipinski definition) is 13. The lowest BCUT2D eigenvalue weighted by Gasteiger charge is -2.44. The van der Waals surface area contributed by atoms with Crippen LogP contribution < -0.4 is 0 Å². The van der Waals surface area contributed by atoms with Crippen LogP contribution in [0.4, 0.5) is 0 Å². The van der Waals surface area contributed by atoms with Gasteiger partial charge in [0.25, 0.3) is 0 Å². The topological polar surface area (TPSA) is 120 Å². The van der Waals surface area contributed by atoms with Crippen molar-refractivity contribution >= 4 is 0 Å². The van der Waals surface area contributed by atoms with E-state index in [1.54, 1.807) is 56.9 Å². The van der Waals surface area contributed by atoms with Gasteiger partial charge >= 0.3 is 0 Å². The van der Waals surface area contributed by atoms with Crippen molar-refractivity contribution in [2.24, 2.45) is 0 Å². The van der Waals surface area contributed by atoms with E-state index in [0.29, 0.717) is 26.4 Å². The first-order valence-electron chi connectivity index (χ1n) is 12.3. The summed E-state index contributed by atoms with van der Waals surface area (Å²) in [4.78, 5) is 0. The molecule has 0 spiro atoms. The Morgan fingerprint density at radius 1 is 0.432 bits per heavy atom. The minimum atomic E-state index is -0.670. The van der Waals surface area contributed by atoms with Gasteiger partial charge in [0, 0.05) is 56.9 Å². The van der Waals surface area contributed by atoms with E-state index < -0.39 is 24.8 Å². The standard InChI is InChI=1S/C24H46O13/c1-25-13-15-17(27-3)19(29-5)21(31-7)23(36-15)34-11-9-33-10-12-35-24-22(32-8)20(30-6)18(28-4)16(37-24)14-26-2/h15-24H,9-14H2,1-8H3/t15-,16-,17+,18+,19+,20+,21-,22-,23-,24-/m1/s1. The molecule has 0 N–H and O–H groups in total. The van der Waals surface area contributed by atoms with Crippen LogP contribution in [-0.4, -0.2) is 158 Å². The van der Waals surface area contributed by atoms with Gasteiger partial charge < -0.3 is 61.6 Å². The van der Waals surface area contributed by atoms with Crippen LogP contribution in [0.1, 0.15) is 0 Å². The van der Waals surface area contributed by atoms with Crippen molar-refractivity contribution < 1.29 is 61.6 Å². The van der Waals surface area contributed by atoms with E-state index in [4.69, 9.17) is 61.6 Å². The van der Waals surface area contributed by atoms with E-state index in [-0.39, 0.29) is 49.8 Å². The van der Waals surface area contributed by atoms with Gasteiger partial charge in [-0.2, -0.15) is 0 Å². The molecular formula is C24H46O13. The Morgan fingerprint density at radius 3 is 1.08 bits per heavy atom. The van der Waals surface area contributed by atoms with E-state index in [2.05, 4.69) is 0 Å². The zero-order chi connectivity index (χ0) is 27.2. The Bertz CT molecular complexity index is 537. The molecule has 0 radical (unpaired) electrons. The van der Waals surface area contributed by atoms with Crippen LogP contribution >= 0.6 is 0 Å². The highest BCUT2D eigenvalue weighted by atomic mass is 16.7. The molecule has 2 aliphatic heterocycles. The van der Waals surface area contributed by atoms with Crippen molar-refractivity contribution in [3.8, 4) is 0 Å². The lowest BCUT2D eigenvalue weighted by atomic mass is 9.98. The van der Waals surface area contributed by atoms with Gasteiger partial charge in [0.2, 0.25) is 0 Å². The lowest BCUT2D eigenvalue weighted by Crippen LogP contribution is -2.61. The van der Waals surface area contributed by atoms with Crippen molar-refractivity contribution in [3.05, 3.63) is 0 Å². The first-order valence-corrected chi connectivity index (χ1v) is 12.3. The van der Waals surface area contributed by atoms with E-state index in [9.17, 15) is 0 Å². The van der Waals surface area contributed by atoms with Crippen molar-refractivity contribution in [2.45, 2.75) is 61.4 Å². The van der Waals surface area contributed by atoms with Gasteiger partial charge in [-0.25, -0.2) is 0 Å². The van der Waals surface area contributed by atoms with E-state index in [1.807, 2.05) is 0 Å². The lowest BCUT2D eigenvalue weighted by molar-refractivity contribution is -0.317. The van der Waals surface area contributed by atoms with Crippen LogP contribution in [0, 0.1) is 0 Å². The SMILES string of the molecule is COC[C@H]1O[C@@H](OCCOCCO[C@@H]2O[C@H](COC)[C@H](OC)[C@H](OC)[C@H]2OC)[C@H](OC)[C@@H](OC)[C@H]1OC. The zero-order valence-corrected chi connectivity index (χ0v) is 23.3. The fraction of sp³-hybridized carbons (Fsp3) is 1.00. The van der Waals surface area contributed by atoms with Crippen LogP contribution in [-0.2, 0) is 61.6 Å². The van der Waals surface area contributed by atoms with Crippen molar-refractivity contribution in [3.63, 3.8) is 0 Å². The Morgan fingerprint density at radius 2 is 0.784 bits per heavy atom. The van der Waals surface area contributed by atoms with Gasteiger partial charge in [-0.05, 0) is 0 Å². The summed E-state index contributed by atoms with van der Waals surface area (Å²) in [6.07, 6.45) is -4.53. The number of methoxy groups -OCH3 is 8. The Labute approximate surface area is 220 Å². The summed E-state index contributed by atoms with van der Waals surface area (Å²) in [6, 6.07) is 0. The maximum Gasteiger partial charge on any atom is 0.187 e. The fourth-order valence-electron chi connectivity index (χ4n) is 4.77. The van der Waals surface area contributed by atoms with E-state index in [0.717, 1.165) is 0 Å². The van der Waals surface area contributed by atoms with E-state index in [1.165, 1.54) is 0 Å². The Kier molecular flexibility index (Phi) is 15.9. The van der Waals surface area contributed by atoms with Crippen molar-refractivity contribution in [1.82, 2.24) is 0 Å². The summed E-state index contributed by atoms with van der Waals surface area (Å²) in [5.41, 5.74) is 0. The minimum Gasteiger partial charge on any atom is -0.382 e. The summed E-state index contributed by atoms with van der Waals surface area (Å²) in [5, 5.41) is 0. The van der Waals surface area contributed by atoms with Crippen molar-refractivity contribution in [2.75, 3.05) is 96.5 Å². The first kappa shape index (κ1) is 32.7. The molecule has 0 amide bonds. The maximum atomic E-state index is 6.05. The van der Waals surface area contributed by atoms with Crippen LogP contribution in [0.5, 0.6) is 0 Å². The monoisotopic (exact) mass is 542 g/mol. The summed E-state index contributed by atoms with van der Waals surface area (Å²) in [7, 11) is 12.8. The predicted molar refractivity (Wildman–Crippen MR) is 129 cm³/mol. The molecule has 2 fully saturated rings. The molecule has 2 saturated heterocycles. The molecule has 13 nitrogen and oxygen atoms in total. The molecule has 0 bridgehead atoms. The molecule has 10 atom stereocenters. The van der Waals surface area contributed by atoms with Crippen LogP contribution in [0.25, 0.3) is 0 Å². The molecule has 0 saturated carbocycles. The van der Waals surface area contributed by atoms with Crippen LogP contribution in [0.3, 0.4) is 0 Å². The second kappa shape index (κ2) is 17.9. The first-order chi connectivity index (χ1) is 18.0. The molecule has 2 aliphatic rings. The number of rotatable bonds is 18. The quantitative estimate of drug-likeness (QED) is 0.214. The Hall–Kier alpha value is -0.520. The molecule has 220 valence electrons. The Balaban J connectivity index is 1.79. The molecule has 0 aromatic carbocycles. The second-order valence-electron chi connectivity index (χ2n) is 8.55.